The van der Waals surface area contributed by atoms with Crippen LogP contribution < -0.4 is 0 Å². The van der Waals surface area contributed by atoms with E-state index in [0.29, 0.717) is 37.2 Å². The quantitative estimate of drug-likeness (QED) is 0.225. The first kappa shape index (κ1) is 27.7. The highest BCUT2D eigenvalue weighted by Crippen LogP contribution is 2.31. The summed E-state index contributed by atoms with van der Waals surface area (Å²) in [7, 11) is 0. The van der Waals surface area contributed by atoms with Gasteiger partial charge in [-0.3, -0.25) is 14.4 Å². The van der Waals surface area contributed by atoms with Crippen LogP contribution in [0.3, 0.4) is 0 Å². The molecule has 0 aliphatic carbocycles. The SMILES string of the molecule is CCCN(CCC)C(=O)c1ccc2c(c1)C(=O)N([C@@H](Cc1ccccc1)[C@H](C[C@@H](C)C(=O)O)N=[N+]=[N-])C2. The van der Waals surface area contributed by atoms with Gasteiger partial charge in [0.15, 0.2) is 0 Å². The third-order valence-corrected chi connectivity index (χ3v) is 6.81. The average Bonchev–Trinajstić information content (AvgIpc) is 3.22. The Kier molecular flexibility index (Phi) is 9.69. The molecule has 9 heteroatoms. The second kappa shape index (κ2) is 12.9. The minimum absolute atomic E-state index is 0.0965. The third kappa shape index (κ3) is 6.68. The number of carboxylic acid groups (broad SMARTS) is 1. The van der Waals surface area contributed by atoms with Crippen LogP contribution in [0.4, 0.5) is 0 Å². The highest BCUT2D eigenvalue weighted by Gasteiger charge is 2.38. The molecule has 1 N–H and O–H groups in total. The van der Waals surface area contributed by atoms with E-state index in [1.165, 1.54) is 0 Å². The second-order valence-electron chi connectivity index (χ2n) is 9.60. The third-order valence-electron chi connectivity index (χ3n) is 6.81. The lowest BCUT2D eigenvalue weighted by atomic mass is 9.91. The van der Waals surface area contributed by atoms with Crippen LogP contribution in [0.5, 0.6) is 0 Å². The lowest BCUT2D eigenvalue weighted by Gasteiger charge is -2.33. The zero-order valence-corrected chi connectivity index (χ0v) is 21.7. The topological polar surface area (TPSA) is 127 Å². The van der Waals surface area contributed by atoms with Gasteiger partial charge in [0.1, 0.15) is 0 Å². The molecular weight excluding hydrogens is 470 g/mol. The van der Waals surface area contributed by atoms with E-state index in [1.807, 2.05) is 55.1 Å². The fraction of sp³-hybridized carbons (Fsp3) is 0.464. The van der Waals surface area contributed by atoms with E-state index in [1.54, 1.807) is 24.0 Å². The van der Waals surface area contributed by atoms with Gasteiger partial charge in [0.2, 0.25) is 0 Å². The van der Waals surface area contributed by atoms with Crippen LogP contribution >= 0.6 is 0 Å². The van der Waals surface area contributed by atoms with Crippen LogP contribution in [-0.2, 0) is 17.8 Å². The molecule has 0 aromatic heterocycles. The number of rotatable bonds is 13. The summed E-state index contributed by atoms with van der Waals surface area (Å²) in [5.41, 5.74) is 12.0. The van der Waals surface area contributed by atoms with Gasteiger partial charge in [0, 0.05) is 41.7 Å². The first-order valence-corrected chi connectivity index (χ1v) is 12.8. The molecule has 2 aromatic rings. The largest absolute Gasteiger partial charge is 0.481 e. The molecule has 0 unspecified atom stereocenters. The number of hydrogen-bond acceptors (Lipinski definition) is 4. The molecule has 0 fully saturated rings. The van der Waals surface area contributed by atoms with Crippen molar-refractivity contribution in [1.82, 2.24) is 9.80 Å². The number of nitrogens with zero attached hydrogens (tertiary/aromatic N) is 5. The van der Waals surface area contributed by atoms with Crippen LogP contribution in [0.2, 0.25) is 0 Å². The summed E-state index contributed by atoms with van der Waals surface area (Å²) in [4.78, 5) is 44.9. The van der Waals surface area contributed by atoms with Gasteiger partial charge in [-0.05, 0) is 54.5 Å². The minimum Gasteiger partial charge on any atom is -0.481 e. The van der Waals surface area contributed by atoms with Crippen molar-refractivity contribution in [3.05, 3.63) is 81.2 Å². The van der Waals surface area contributed by atoms with E-state index in [9.17, 15) is 25.0 Å². The Labute approximate surface area is 217 Å². The number of benzene rings is 2. The Hall–Kier alpha value is -3.84. The van der Waals surface area contributed by atoms with E-state index in [2.05, 4.69) is 10.0 Å². The lowest BCUT2D eigenvalue weighted by molar-refractivity contribution is -0.141. The van der Waals surface area contributed by atoms with Crippen molar-refractivity contribution in [2.45, 2.75) is 65.1 Å². The van der Waals surface area contributed by atoms with E-state index in [-0.39, 0.29) is 18.2 Å². The maximum Gasteiger partial charge on any atom is 0.306 e. The smallest absolute Gasteiger partial charge is 0.306 e. The van der Waals surface area contributed by atoms with Crippen molar-refractivity contribution >= 4 is 17.8 Å². The fourth-order valence-corrected chi connectivity index (χ4v) is 4.88. The normalized spacial score (nSPS) is 14.9. The summed E-state index contributed by atoms with van der Waals surface area (Å²) < 4.78 is 0. The summed E-state index contributed by atoms with van der Waals surface area (Å²) in [6, 6.07) is 13.5. The Morgan fingerprint density at radius 1 is 1.14 bits per heavy atom. The van der Waals surface area contributed by atoms with Gasteiger partial charge in [-0.25, -0.2) is 0 Å². The molecule has 0 spiro atoms. The van der Waals surface area contributed by atoms with Crippen LogP contribution in [0.15, 0.2) is 53.6 Å². The number of aliphatic carboxylic acids is 1. The summed E-state index contributed by atoms with van der Waals surface area (Å²) in [5.74, 6) is -2.08. The molecular formula is C28H35N5O4. The van der Waals surface area contributed by atoms with Crippen LogP contribution in [-0.4, -0.2) is 57.9 Å². The molecule has 1 aliphatic rings. The van der Waals surface area contributed by atoms with Gasteiger partial charge in [0.05, 0.1) is 12.0 Å². The van der Waals surface area contributed by atoms with Crippen molar-refractivity contribution in [2.24, 2.45) is 11.0 Å². The van der Waals surface area contributed by atoms with Gasteiger partial charge in [-0.1, -0.05) is 62.3 Å². The maximum absolute atomic E-state index is 13.7. The number of amides is 2. The molecule has 3 rings (SSSR count). The highest BCUT2D eigenvalue weighted by molar-refractivity contribution is 6.02. The van der Waals surface area contributed by atoms with Crippen LogP contribution in [0, 0.1) is 5.92 Å². The van der Waals surface area contributed by atoms with Gasteiger partial charge in [0.25, 0.3) is 11.8 Å². The molecule has 0 saturated carbocycles. The molecule has 1 aliphatic heterocycles. The zero-order valence-electron chi connectivity index (χ0n) is 21.7. The number of carboxylic acids is 1. The molecule has 0 radical (unpaired) electrons. The molecule has 0 bridgehead atoms. The van der Waals surface area contributed by atoms with Crippen LogP contribution in [0.25, 0.3) is 10.4 Å². The first-order valence-electron chi connectivity index (χ1n) is 12.8. The predicted molar refractivity (Wildman–Crippen MR) is 141 cm³/mol. The fourth-order valence-electron chi connectivity index (χ4n) is 4.88. The molecule has 0 saturated heterocycles. The lowest BCUT2D eigenvalue weighted by Crippen LogP contribution is -2.45. The molecule has 196 valence electrons. The Bertz CT molecular complexity index is 1160. The number of carbonyl (C=O) groups is 3. The second-order valence-corrected chi connectivity index (χ2v) is 9.60. The molecule has 2 amide bonds. The predicted octanol–water partition coefficient (Wildman–Crippen LogP) is 5.31. The summed E-state index contributed by atoms with van der Waals surface area (Å²) >= 11 is 0. The zero-order chi connectivity index (χ0) is 26.9. The molecule has 1 heterocycles. The number of carbonyl (C=O) groups excluding carboxylic acids is 2. The summed E-state index contributed by atoms with van der Waals surface area (Å²) in [5, 5.41) is 13.4. The number of azide groups is 1. The summed E-state index contributed by atoms with van der Waals surface area (Å²) in [6.07, 6.45) is 2.20. The van der Waals surface area contributed by atoms with Gasteiger partial charge in [-0.15, -0.1) is 0 Å². The van der Waals surface area contributed by atoms with E-state index >= 15 is 0 Å². The Morgan fingerprint density at radius 2 is 1.81 bits per heavy atom. The number of fused-ring (bicyclic) bond motifs is 1. The average molecular weight is 506 g/mol. The maximum atomic E-state index is 13.7. The Morgan fingerprint density at radius 3 is 2.41 bits per heavy atom. The van der Waals surface area contributed by atoms with Crippen molar-refractivity contribution in [3.8, 4) is 0 Å². The van der Waals surface area contributed by atoms with E-state index < -0.39 is 24.0 Å². The van der Waals surface area contributed by atoms with E-state index in [4.69, 9.17) is 0 Å². The van der Waals surface area contributed by atoms with Gasteiger partial charge < -0.3 is 14.9 Å². The monoisotopic (exact) mass is 505 g/mol. The highest BCUT2D eigenvalue weighted by atomic mass is 16.4. The van der Waals surface area contributed by atoms with Crippen molar-refractivity contribution in [1.29, 1.82) is 0 Å². The van der Waals surface area contributed by atoms with Crippen LogP contribution in [0.1, 0.15) is 71.9 Å². The van der Waals surface area contributed by atoms with Crippen molar-refractivity contribution in [3.63, 3.8) is 0 Å². The Balaban J connectivity index is 1.95. The molecule has 2 aromatic carbocycles. The van der Waals surface area contributed by atoms with E-state index in [0.717, 1.165) is 24.0 Å². The molecule has 3 atom stereocenters. The first-order chi connectivity index (χ1) is 17.8. The van der Waals surface area contributed by atoms with Gasteiger partial charge in [-0.2, -0.15) is 0 Å². The minimum atomic E-state index is -0.987. The van der Waals surface area contributed by atoms with Gasteiger partial charge >= 0.3 is 5.97 Å². The van der Waals surface area contributed by atoms with Crippen molar-refractivity contribution < 1.29 is 19.5 Å². The van der Waals surface area contributed by atoms with Crippen molar-refractivity contribution in [2.75, 3.05) is 13.1 Å². The standard InChI is InChI=1S/C28H35N5O4/c1-4-13-32(14-5-2)26(34)21-11-12-22-18-33(27(35)23(22)17-21)25(16-20-9-7-6-8-10-20)24(30-31-29)15-19(3)28(36)37/h6-12,17,19,24-25H,4-5,13-16,18H2,1-3H3,(H,36,37)/t19-,24+,25+/m1/s1. The molecule has 37 heavy (non-hydrogen) atoms. The summed E-state index contributed by atoms with van der Waals surface area (Å²) in [6.45, 7) is 7.22. The molecule has 9 nitrogen and oxygen atoms in total. The number of hydrogen-bond donors (Lipinski definition) is 1.